The van der Waals surface area contributed by atoms with Gasteiger partial charge in [0.05, 0.1) is 6.54 Å². The summed E-state index contributed by atoms with van der Waals surface area (Å²) in [6.07, 6.45) is 0.866. The van der Waals surface area contributed by atoms with Gasteiger partial charge in [0, 0.05) is 50.4 Å². The van der Waals surface area contributed by atoms with Gasteiger partial charge < -0.3 is 11.1 Å². The van der Waals surface area contributed by atoms with Gasteiger partial charge in [-0.15, -0.1) is 0 Å². The van der Waals surface area contributed by atoms with Crippen LogP contribution in [0.5, 0.6) is 0 Å². The van der Waals surface area contributed by atoms with Gasteiger partial charge in [-0.3, -0.25) is 14.4 Å². The molecule has 3 aromatic carbocycles. The molecular formula is C28H31N5O. The second-order valence-electron chi connectivity index (χ2n) is 9.05. The van der Waals surface area contributed by atoms with Gasteiger partial charge in [-0.05, 0) is 28.8 Å². The SMILES string of the molecule is Cc1ccc(CN2CCc3c(c(C(=O)NCc4cccc5ccccc45)nn3CCN)C2)cc1. The summed E-state index contributed by atoms with van der Waals surface area (Å²) in [6, 6.07) is 23.1. The summed E-state index contributed by atoms with van der Waals surface area (Å²) in [4.78, 5) is 15.7. The highest BCUT2D eigenvalue weighted by atomic mass is 16.2. The lowest BCUT2D eigenvalue weighted by atomic mass is 10.0. The van der Waals surface area contributed by atoms with E-state index in [0.29, 0.717) is 31.9 Å². The lowest BCUT2D eigenvalue weighted by Gasteiger charge is -2.27. The molecule has 34 heavy (non-hydrogen) atoms. The maximum Gasteiger partial charge on any atom is 0.272 e. The van der Waals surface area contributed by atoms with Crippen LogP contribution < -0.4 is 11.1 Å². The maximum atomic E-state index is 13.3. The van der Waals surface area contributed by atoms with Crippen LogP contribution in [0.2, 0.25) is 0 Å². The van der Waals surface area contributed by atoms with Crippen LogP contribution in [0.25, 0.3) is 10.8 Å². The smallest absolute Gasteiger partial charge is 0.272 e. The van der Waals surface area contributed by atoms with Gasteiger partial charge in [-0.25, -0.2) is 0 Å². The molecule has 0 spiro atoms. The number of carbonyl (C=O) groups excluding carboxylic acids is 1. The molecule has 0 saturated heterocycles. The van der Waals surface area contributed by atoms with Crippen molar-refractivity contribution in [3.05, 3.63) is 100 Å². The zero-order valence-electron chi connectivity index (χ0n) is 19.6. The second-order valence-corrected chi connectivity index (χ2v) is 9.05. The van der Waals surface area contributed by atoms with E-state index < -0.39 is 0 Å². The molecule has 0 saturated carbocycles. The lowest BCUT2D eigenvalue weighted by Crippen LogP contribution is -2.32. The molecule has 174 valence electrons. The number of benzene rings is 3. The number of hydrogen-bond acceptors (Lipinski definition) is 4. The van der Waals surface area contributed by atoms with Gasteiger partial charge in [-0.1, -0.05) is 72.3 Å². The van der Waals surface area contributed by atoms with Crippen molar-refractivity contribution in [1.82, 2.24) is 20.0 Å². The first-order chi connectivity index (χ1) is 16.6. The van der Waals surface area contributed by atoms with E-state index in [9.17, 15) is 4.79 Å². The van der Waals surface area contributed by atoms with E-state index >= 15 is 0 Å². The van der Waals surface area contributed by atoms with Crippen molar-refractivity contribution < 1.29 is 4.79 Å². The number of aryl methyl sites for hydroxylation is 1. The highest BCUT2D eigenvalue weighted by Crippen LogP contribution is 2.25. The second kappa shape index (κ2) is 9.79. The number of aromatic nitrogens is 2. The molecule has 4 aromatic rings. The fourth-order valence-electron chi connectivity index (χ4n) is 4.83. The Hall–Kier alpha value is -3.48. The van der Waals surface area contributed by atoms with Crippen molar-refractivity contribution in [2.75, 3.05) is 13.1 Å². The molecule has 0 fully saturated rings. The van der Waals surface area contributed by atoms with E-state index in [4.69, 9.17) is 10.8 Å². The van der Waals surface area contributed by atoms with Gasteiger partial charge in [0.2, 0.25) is 0 Å². The topological polar surface area (TPSA) is 76.2 Å². The summed E-state index contributed by atoms with van der Waals surface area (Å²) in [7, 11) is 0. The quantitative estimate of drug-likeness (QED) is 0.446. The highest BCUT2D eigenvalue weighted by Gasteiger charge is 2.28. The van der Waals surface area contributed by atoms with Crippen molar-refractivity contribution in [2.24, 2.45) is 5.73 Å². The number of amides is 1. The minimum Gasteiger partial charge on any atom is -0.347 e. The number of hydrogen-bond donors (Lipinski definition) is 2. The van der Waals surface area contributed by atoms with Gasteiger partial charge in [-0.2, -0.15) is 5.10 Å². The Morgan fingerprint density at radius 3 is 2.68 bits per heavy atom. The number of fused-ring (bicyclic) bond motifs is 2. The third kappa shape index (κ3) is 4.60. The van der Waals surface area contributed by atoms with E-state index in [2.05, 4.69) is 65.7 Å². The molecule has 0 bridgehead atoms. The van der Waals surface area contributed by atoms with E-state index in [-0.39, 0.29) is 5.91 Å². The first-order valence-corrected chi connectivity index (χ1v) is 11.9. The normalized spacial score (nSPS) is 13.7. The minimum atomic E-state index is -0.128. The summed E-state index contributed by atoms with van der Waals surface area (Å²) in [5.74, 6) is -0.128. The average molecular weight is 454 g/mol. The molecule has 1 aromatic heterocycles. The summed E-state index contributed by atoms with van der Waals surface area (Å²) in [5.41, 5.74) is 12.2. The van der Waals surface area contributed by atoms with Crippen LogP contribution in [0.15, 0.2) is 66.7 Å². The largest absolute Gasteiger partial charge is 0.347 e. The molecule has 0 atom stereocenters. The molecule has 5 rings (SSSR count). The fraction of sp³-hybridized carbons (Fsp3) is 0.286. The molecule has 1 amide bonds. The molecular weight excluding hydrogens is 422 g/mol. The molecule has 1 aliphatic rings. The summed E-state index contributed by atoms with van der Waals surface area (Å²) < 4.78 is 1.94. The molecule has 0 radical (unpaired) electrons. The van der Waals surface area contributed by atoms with Gasteiger partial charge in [0.25, 0.3) is 5.91 Å². The Balaban J connectivity index is 1.36. The van der Waals surface area contributed by atoms with E-state index in [0.717, 1.165) is 41.7 Å². The standard InChI is InChI=1S/C28H31N5O/c1-20-9-11-21(12-10-20)18-32-15-13-26-25(19-32)27(31-33(26)16-14-29)28(34)30-17-23-7-4-6-22-5-2-3-8-24(22)23/h2-12H,13-19,29H2,1H3,(H,30,34). The van der Waals surface area contributed by atoms with Crippen molar-refractivity contribution >= 4 is 16.7 Å². The number of nitrogens with two attached hydrogens (primary N) is 1. The van der Waals surface area contributed by atoms with Gasteiger partial charge in [0.15, 0.2) is 5.69 Å². The average Bonchev–Trinajstić information content (AvgIpc) is 3.22. The summed E-state index contributed by atoms with van der Waals surface area (Å²) >= 11 is 0. The Kier molecular flexibility index (Phi) is 6.43. The summed E-state index contributed by atoms with van der Waals surface area (Å²) in [6.45, 7) is 6.20. The summed E-state index contributed by atoms with van der Waals surface area (Å²) in [5, 5.41) is 10.2. The number of rotatable bonds is 7. The first-order valence-electron chi connectivity index (χ1n) is 11.9. The van der Waals surface area contributed by atoms with Crippen molar-refractivity contribution in [1.29, 1.82) is 0 Å². The zero-order chi connectivity index (χ0) is 23.5. The Bertz CT molecular complexity index is 1300. The van der Waals surface area contributed by atoms with Crippen molar-refractivity contribution in [2.45, 2.75) is 39.5 Å². The zero-order valence-corrected chi connectivity index (χ0v) is 19.6. The van der Waals surface area contributed by atoms with Crippen LogP contribution in [-0.4, -0.2) is 33.7 Å². The van der Waals surface area contributed by atoms with Crippen LogP contribution in [0.3, 0.4) is 0 Å². The third-order valence-electron chi connectivity index (χ3n) is 6.62. The van der Waals surface area contributed by atoms with E-state index in [1.165, 1.54) is 16.5 Å². The van der Waals surface area contributed by atoms with Gasteiger partial charge >= 0.3 is 0 Å². The molecule has 2 heterocycles. The van der Waals surface area contributed by atoms with Crippen LogP contribution in [-0.2, 0) is 32.6 Å². The number of nitrogens with zero attached hydrogens (tertiary/aromatic N) is 3. The monoisotopic (exact) mass is 453 g/mol. The molecule has 6 nitrogen and oxygen atoms in total. The van der Waals surface area contributed by atoms with Crippen LogP contribution in [0.1, 0.15) is 38.4 Å². The van der Waals surface area contributed by atoms with Crippen molar-refractivity contribution in [3.63, 3.8) is 0 Å². The fourth-order valence-corrected chi connectivity index (χ4v) is 4.83. The molecule has 0 aliphatic carbocycles. The predicted octanol–water partition coefficient (Wildman–Crippen LogP) is 3.79. The number of carbonyl (C=O) groups is 1. The first kappa shape index (κ1) is 22.3. The molecule has 6 heteroatoms. The molecule has 0 unspecified atom stereocenters. The highest BCUT2D eigenvalue weighted by molar-refractivity contribution is 5.94. The Morgan fingerprint density at radius 2 is 1.85 bits per heavy atom. The molecule has 1 aliphatic heterocycles. The van der Waals surface area contributed by atoms with Crippen LogP contribution in [0.4, 0.5) is 0 Å². The van der Waals surface area contributed by atoms with E-state index in [1.54, 1.807) is 0 Å². The van der Waals surface area contributed by atoms with E-state index in [1.807, 2.05) is 22.9 Å². The third-order valence-corrected chi connectivity index (χ3v) is 6.62. The van der Waals surface area contributed by atoms with Crippen LogP contribution >= 0.6 is 0 Å². The van der Waals surface area contributed by atoms with Crippen LogP contribution in [0, 0.1) is 6.92 Å². The Labute approximate surface area is 200 Å². The number of nitrogens with one attached hydrogen (secondary N) is 1. The molecule has 3 N–H and O–H groups in total. The van der Waals surface area contributed by atoms with Gasteiger partial charge in [0.1, 0.15) is 0 Å². The predicted molar refractivity (Wildman–Crippen MR) is 135 cm³/mol. The lowest BCUT2D eigenvalue weighted by molar-refractivity contribution is 0.0943. The van der Waals surface area contributed by atoms with Crippen molar-refractivity contribution in [3.8, 4) is 0 Å². The Morgan fingerprint density at radius 1 is 1.06 bits per heavy atom. The maximum absolute atomic E-state index is 13.3. The minimum absolute atomic E-state index is 0.128.